The first kappa shape index (κ1) is 16.5. The average Bonchev–Trinajstić information content (AvgIpc) is 2.97. The first-order chi connectivity index (χ1) is 11.9. The summed E-state index contributed by atoms with van der Waals surface area (Å²) in [5.41, 5.74) is 0.525. The molecule has 1 atom stereocenters. The van der Waals surface area contributed by atoms with Crippen molar-refractivity contribution in [1.82, 2.24) is 9.78 Å². The van der Waals surface area contributed by atoms with E-state index in [1.54, 1.807) is 31.2 Å². The average molecular weight is 344 g/mol. The van der Waals surface area contributed by atoms with Crippen molar-refractivity contribution in [3.8, 4) is 5.75 Å². The normalized spacial score (nSPS) is 16.1. The van der Waals surface area contributed by atoms with Gasteiger partial charge in [-0.1, -0.05) is 12.1 Å². The maximum Gasteiger partial charge on any atom is 0.325 e. The van der Waals surface area contributed by atoms with Gasteiger partial charge in [0.05, 0.1) is 5.69 Å². The fourth-order valence-electron chi connectivity index (χ4n) is 2.50. The molecule has 0 radical (unpaired) electrons. The Hall–Kier alpha value is -3.36. The number of hydrogen-bond donors (Lipinski definition) is 2. The molecule has 0 bridgehead atoms. The second-order valence-electron chi connectivity index (χ2n) is 5.49. The van der Waals surface area contributed by atoms with E-state index in [0.29, 0.717) is 11.4 Å². The summed E-state index contributed by atoms with van der Waals surface area (Å²) < 4.78 is 6.71. The Labute approximate surface area is 142 Å². The Kier molecular flexibility index (Phi) is 4.38. The van der Waals surface area contributed by atoms with E-state index >= 15 is 0 Å². The van der Waals surface area contributed by atoms with E-state index in [4.69, 9.17) is 9.84 Å². The van der Waals surface area contributed by atoms with Crippen LogP contribution >= 0.6 is 0 Å². The number of aromatic nitrogens is 2. The van der Waals surface area contributed by atoms with Crippen molar-refractivity contribution in [3.63, 3.8) is 0 Å². The zero-order valence-electron chi connectivity index (χ0n) is 13.4. The predicted octanol–water partition coefficient (Wildman–Crippen LogP) is 0.720. The number of nitrogens with zero attached hydrogens (tertiary/aromatic N) is 3. The van der Waals surface area contributed by atoms with Gasteiger partial charge in [0, 0.05) is 12.3 Å². The summed E-state index contributed by atoms with van der Waals surface area (Å²) in [5.74, 6) is -1.05. The van der Waals surface area contributed by atoms with E-state index < -0.39 is 18.0 Å². The number of para-hydroxylation sites is 2. The van der Waals surface area contributed by atoms with Gasteiger partial charge < -0.3 is 15.2 Å². The van der Waals surface area contributed by atoms with Crippen molar-refractivity contribution in [2.75, 3.05) is 16.8 Å². The molecule has 1 aromatic carbocycles. The maximum absolute atomic E-state index is 12.3. The van der Waals surface area contributed by atoms with Gasteiger partial charge in [0.15, 0.2) is 11.9 Å². The molecule has 0 fully saturated rings. The van der Waals surface area contributed by atoms with Crippen LogP contribution in [-0.4, -0.2) is 45.3 Å². The highest BCUT2D eigenvalue weighted by atomic mass is 16.5. The third-order valence-electron chi connectivity index (χ3n) is 3.58. The lowest BCUT2D eigenvalue weighted by molar-refractivity contribution is -0.137. The van der Waals surface area contributed by atoms with E-state index in [9.17, 15) is 14.4 Å². The molecule has 0 saturated carbocycles. The molecular formula is C16H16N4O5. The highest BCUT2D eigenvalue weighted by Gasteiger charge is 2.32. The van der Waals surface area contributed by atoms with E-state index in [1.165, 1.54) is 21.8 Å². The molecule has 1 aromatic heterocycles. The van der Waals surface area contributed by atoms with Gasteiger partial charge >= 0.3 is 5.97 Å². The number of carbonyl (C=O) groups is 3. The van der Waals surface area contributed by atoms with Crippen LogP contribution in [0, 0.1) is 0 Å². The molecule has 25 heavy (non-hydrogen) atoms. The van der Waals surface area contributed by atoms with Crippen molar-refractivity contribution < 1.29 is 24.2 Å². The largest absolute Gasteiger partial charge is 0.480 e. The lowest BCUT2D eigenvalue weighted by Gasteiger charge is -2.32. The molecule has 2 heterocycles. The van der Waals surface area contributed by atoms with E-state index in [2.05, 4.69) is 10.4 Å². The highest BCUT2D eigenvalue weighted by molar-refractivity contribution is 6.05. The molecule has 0 spiro atoms. The van der Waals surface area contributed by atoms with Crippen LogP contribution in [0.5, 0.6) is 5.75 Å². The lowest BCUT2D eigenvalue weighted by atomic mass is 10.2. The van der Waals surface area contributed by atoms with E-state index in [-0.39, 0.29) is 24.8 Å². The van der Waals surface area contributed by atoms with Crippen LogP contribution in [0.15, 0.2) is 36.5 Å². The Morgan fingerprint density at radius 1 is 1.28 bits per heavy atom. The van der Waals surface area contributed by atoms with Crippen LogP contribution in [0.4, 0.5) is 11.5 Å². The van der Waals surface area contributed by atoms with Crippen LogP contribution in [0.2, 0.25) is 0 Å². The fourth-order valence-corrected chi connectivity index (χ4v) is 2.50. The van der Waals surface area contributed by atoms with Gasteiger partial charge in [0.2, 0.25) is 5.91 Å². The van der Waals surface area contributed by atoms with Gasteiger partial charge in [0.25, 0.3) is 5.91 Å². The Morgan fingerprint density at radius 3 is 2.80 bits per heavy atom. The van der Waals surface area contributed by atoms with Gasteiger partial charge in [0.1, 0.15) is 18.8 Å². The minimum absolute atomic E-state index is 0.199. The maximum atomic E-state index is 12.3. The number of aliphatic carboxylic acids is 1. The summed E-state index contributed by atoms with van der Waals surface area (Å²) in [6.45, 7) is 1.12. The van der Waals surface area contributed by atoms with Gasteiger partial charge in [-0.3, -0.25) is 24.0 Å². The first-order valence-corrected chi connectivity index (χ1v) is 7.56. The highest BCUT2D eigenvalue weighted by Crippen LogP contribution is 2.33. The fraction of sp³-hybridized carbons (Fsp3) is 0.250. The number of ether oxygens (including phenoxy) is 1. The summed E-state index contributed by atoms with van der Waals surface area (Å²) >= 11 is 0. The second kappa shape index (κ2) is 6.63. The molecule has 1 aliphatic rings. The SMILES string of the molecule is C[C@H]1Oc2ccccc2N(CC(=O)Nc2ccn(CC(=O)O)n2)C1=O. The van der Waals surface area contributed by atoms with Crippen LogP contribution in [0.25, 0.3) is 0 Å². The molecular weight excluding hydrogens is 328 g/mol. The Morgan fingerprint density at radius 2 is 2.04 bits per heavy atom. The molecule has 9 nitrogen and oxygen atoms in total. The minimum Gasteiger partial charge on any atom is -0.480 e. The summed E-state index contributed by atoms with van der Waals surface area (Å²) in [5, 5.41) is 15.2. The van der Waals surface area contributed by atoms with Gasteiger partial charge in [-0.05, 0) is 19.1 Å². The Bertz CT molecular complexity index is 831. The number of anilines is 2. The smallest absolute Gasteiger partial charge is 0.325 e. The third-order valence-corrected chi connectivity index (χ3v) is 3.58. The molecule has 3 rings (SSSR count). The van der Waals surface area contributed by atoms with Crippen LogP contribution < -0.4 is 15.0 Å². The monoisotopic (exact) mass is 344 g/mol. The first-order valence-electron chi connectivity index (χ1n) is 7.56. The predicted molar refractivity (Wildman–Crippen MR) is 87.4 cm³/mol. The van der Waals surface area contributed by atoms with Crippen molar-refractivity contribution in [3.05, 3.63) is 36.5 Å². The molecule has 2 aromatic rings. The van der Waals surface area contributed by atoms with E-state index in [0.717, 1.165) is 0 Å². The number of carbonyl (C=O) groups excluding carboxylic acids is 2. The summed E-state index contributed by atoms with van der Waals surface area (Å²) in [4.78, 5) is 36.6. The van der Waals surface area contributed by atoms with Crippen LogP contribution in [0.3, 0.4) is 0 Å². The van der Waals surface area contributed by atoms with Crippen molar-refractivity contribution in [2.45, 2.75) is 19.6 Å². The molecule has 1 aliphatic heterocycles. The number of amides is 2. The van der Waals surface area contributed by atoms with Gasteiger partial charge in [-0.15, -0.1) is 0 Å². The summed E-state index contributed by atoms with van der Waals surface area (Å²) in [6.07, 6.45) is 0.763. The summed E-state index contributed by atoms with van der Waals surface area (Å²) in [7, 11) is 0. The van der Waals surface area contributed by atoms with Crippen molar-refractivity contribution >= 4 is 29.3 Å². The van der Waals surface area contributed by atoms with Crippen LogP contribution in [-0.2, 0) is 20.9 Å². The quantitative estimate of drug-likeness (QED) is 0.826. The molecule has 2 amide bonds. The number of carboxylic acids is 1. The standard InChI is InChI=1S/C16H16N4O5/c1-10-16(24)20(11-4-2-3-5-12(11)25-10)8-14(21)17-13-6-7-19(18-13)9-15(22)23/h2-7,10H,8-9H2,1H3,(H,22,23)(H,17,18,21)/t10-/m1/s1. The number of nitrogens with one attached hydrogen (secondary N) is 1. The van der Waals surface area contributed by atoms with Crippen molar-refractivity contribution in [2.24, 2.45) is 0 Å². The zero-order chi connectivity index (χ0) is 18.0. The molecule has 0 saturated heterocycles. The van der Waals surface area contributed by atoms with Crippen LogP contribution in [0.1, 0.15) is 6.92 Å². The number of carboxylic acid groups (broad SMARTS) is 1. The Balaban J connectivity index is 1.71. The van der Waals surface area contributed by atoms with Gasteiger partial charge in [-0.2, -0.15) is 5.10 Å². The van der Waals surface area contributed by atoms with Gasteiger partial charge in [-0.25, -0.2) is 0 Å². The molecule has 0 aliphatic carbocycles. The number of benzene rings is 1. The molecule has 130 valence electrons. The number of hydrogen-bond acceptors (Lipinski definition) is 5. The third kappa shape index (κ3) is 3.60. The zero-order valence-corrected chi connectivity index (χ0v) is 13.4. The molecule has 9 heteroatoms. The van der Waals surface area contributed by atoms with E-state index in [1.807, 2.05) is 0 Å². The lowest BCUT2D eigenvalue weighted by Crippen LogP contribution is -2.47. The second-order valence-corrected chi connectivity index (χ2v) is 5.49. The molecule has 2 N–H and O–H groups in total. The number of fused-ring (bicyclic) bond motifs is 1. The molecule has 0 unspecified atom stereocenters. The number of rotatable bonds is 5. The topological polar surface area (TPSA) is 114 Å². The summed E-state index contributed by atoms with van der Waals surface area (Å²) in [6, 6.07) is 8.46. The van der Waals surface area contributed by atoms with Crippen molar-refractivity contribution in [1.29, 1.82) is 0 Å². The minimum atomic E-state index is -1.04.